The second-order valence-corrected chi connectivity index (χ2v) is 6.94. The predicted molar refractivity (Wildman–Crippen MR) is 94.9 cm³/mol. The number of aliphatic hydroxyl groups excluding tert-OH is 2. The molecule has 0 amide bonds. The summed E-state index contributed by atoms with van der Waals surface area (Å²) in [5.74, 6) is 0. The molecule has 1 fully saturated rings. The summed E-state index contributed by atoms with van der Waals surface area (Å²) in [6, 6.07) is 0. The van der Waals surface area contributed by atoms with Crippen LogP contribution in [0.4, 0.5) is 0 Å². The standard InChI is InChI=1S/C19H38O5/c1-4-5-6-7-8-9-10-11-12-13-14-23-19-17(21)16(20)18(22-3)15(2)24-19/h15-21H,4-14H2,1-3H3/t15-,16-,17-,18-,19-/m1/s1. The molecule has 1 saturated heterocycles. The van der Waals surface area contributed by atoms with Gasteiger partial charge in [0.2, 0.25) is 0 Å². The lowest BCUT2D eigenvalue weighted by Gasteiger charge is -2.40. The topological polar surface area (TPSA) is 68.2 Å². The Hall–Kier alpha value is -0.200. The molecule has 5 nitrogen and oxygen atoms in total. The van der Waals surface area contributed by atoms with E-state index in [2.05, 4.69) is 6.92 Å². The molecule has 0 radical (unpaired) electrons. The van der Waals surface area contributed by atoms with Crippen LogP contribution in [0.15, 0.2) is 0 Å². The molecule has 0 unspecified atom stereocenters. The third-order valence-corrected chi connectivity index (χ3v) is 4.83. The molecule has 1 aliphatic rings. The van der Waals surface area contributed by atoms with Crippen LogP contribution in [-0.4, -0.2) is 54.6 Å². The van der Waals surface area contributed by atoms with Gasteiger partial charge in [0.05, 0.1) is 6.10 Å². The number of unbranched alkanes of at least 4 members (excludes halogenated alkanes) is 9. The highest BCUT2D eigenvalue weighted by molar-refractivity contribution is 4.88. The zero-order chi connectivity index (χ0) is 17.8. The Morgan fingerprint density at radius 2 is 1.38 bits per heavy atom. The molecule has 5 atom stereocenters. The Labute approximate surface area is 147 Å². The maximum atomic E-state index is 10.0. The van der Waals surface area contributed by atoms with Crippen molar-refractivity contribution in [2.24, 2.45) is 0 Å². The van der Waals surface area contributed by atoms with Gasteiger partial charge in [-0.25, -0.2) is 0 Å². The molecule has 0 aromatic heterocycles. The van der Waals surface area contributed by atoms with E-state index in [1.807, 2.05) is 6.92 Å². The Bertz CT molecular complexity index is 299. The van der Waals surface area contributed by atoms with Gasteiger partial charge in [-0.3, -0.25) is 0 Å². The molecule has 1 rings (SSSR count). The molecule has 5 heteroatoms. The zero-order valence-electron chi connectivity index (χ0n) is 15.8. The van der Waals surface area contributed by atoms with E-state index in [1.54, 1.807) is 0 Å². The van der Waals surface area contributed by atoms with Crippen LogP contribution < -0.4 is 0 Å². The van der Waals surface area contributed by atoms with Gasteiger partial charge in [-0.05, 0) is 13.3 Å². The average Bonchev–Trinajstić information content (AvgIpc) is 2.57. The minimum absolute atomic E-state index is 0.300. The number of hydrogen-bond acceptors (Lipinski definition) is 5. The Balaban J connectivity index is 2.01. The first kappa shape index (κ1) is 21.8. The fourth-order valence-electron chi connectivity index (χ4n) is 3.26. The molecule has 1 aliphatic heterocycles. The van der Waals surface area contributed by atoms with Crippen LogP contribution in [0.2, 0.25) is 0 Å². The smallest absolute Gasteiger partial charge is 0.186 e. The van der Waals surface area contributed by atoms with E-state index in [1.165, 1.54) is 58.5 Å². The van der Waals surface area contributed by atoms with Crippen molar-refractivity contribution in [3.63, 3.8) is 0 Å². The van der Waals surface area contributed by atoms with Gasteiger partial charge < -0.3 is 24.4 Å². The molecule has 0 saturated carbocycles. The van der Waals surface area contributed by atoms with Crippen LogP contribution in [0.3, 0.4) is 0 Å². The van der Waals surface area contributed by atoms with Crippen LogP contribution in [-0.2, 0) is 14.2 Å². The summed E-state index contributed by atoms with van der Waals surface area (Å²) in [5, 5.41) is 20.1. The van der Waals surface area contributed by atoms with Crippen LogP contribution in [0.25, 0.3) is 0 Å². The second-order valence-electron chi connectivity index (χ2n) is 6.94. The molecule has 2 N–H and O–H groups in total. The minimum Gasteiger partial charge on any atom is -0.387 e. The van der Waals surface area contributed by atoms with Crippen molar-refractivity contribution in [1.82, 2.24) is 0 Å². The average molecular weight is 347 g/mol. The summed E-state index contributed by atoms with van der Waals surface area (Å²) in [6.07, 6.45) is 9.11. The molecule has 24 heavy (non-hydrogen) atoms. The molecule has 1 heterocycles. The number of methoxy groups -OCH3 is 1. The van der Waals surface area contributed by atoms with E-state index < -0.39 is 24.6 Å². The fourth-order valence-corrected chi connectivity index (χ4v) is 3.26. The highest BCUT2D eigenvalue weighted by Crippen LogP contribution is 2.24. The van der Waals surface area contributed by atoms with Crippen LogP contribution >= 0.6 is 0 Å². The van der Waals surface area contributed by atoms with Crippen molar-refractivity contribution in [3.8, 4) is 0 Å². The maximum Gasteiger partial charge on any atom is 0.186 e. The lowest BCUT2D eigenvalue weighted by atomic mass is 10.00. The molecule has 0 aromatic carbocycles. The van der Waals surface area contributed by atoms with Crippen molar-refractivity contribution in [1.29, 1.82) is 0 Å². The molecule has 0 aliphatic carbocycles. The summed E-state index contributed by atoms with van der Waals surface area (Å²) in [5.41, 5.74) is 0. The van der Waals surface area contributed by atoms with Gasteiger partial charge >= 0.3 is 0 Å². The highest BCUT2D eigenvalue weighted by Gasteiger charge is 2.43. The van der Waals surface area contributed by atoms with E-state index in [-0.39, 0.29) is 6.10 Å². The van der Waals surface area contributed by atoms with Crippen molar-refractivity contribution < 1.29 is 24.4 Å². The Morgan fingerprint density at radius 1 is 0.833 bits per heavy atom. The minimum atomic E-state index is -1.06. The number of hydrogen-bond donors (Lipinski definition) is 2. The largest absolute Gasteiger partial charge is 0.387 e. The van der Waals surface area contributed by atoms with Gasteiger partial charge in [-0.2, -0.15) is 0 Å². The monoisotopic (exact) mass is 346 g/mol. The van der Waals surface area contributed by atoms with E-state index >= 15 is 0 Å². The lowest BCUT2D eigenvalue weighted by molar-refractivity contribution is -0.296. The van der Waals surface area contributed by atoms with Gasteiger partial charge in [0.25, 0.3) is 0 Å². The predicted octanol–water partition coefficient (Wildman–Crippen LogP) is 3.41. The molecule has 0 spiro atoms. The second kappa shape index (κ2) is 13.1. The molecular formula is C19H38O5. The number of ether oxygens (including phenoxy) is 3. The van der Waals surface area contributed by atoms with Crippen molar-refractivity contribution in [3.05, 3.63) is 0 Å². The van der Waals surface area contributed by atoms with Crippen LogP contribution in [0.5, 0.6) is 0 Å². The molecule has 0 aromatic rings. The summed E-state index contributed by atoms with van der Waals surface area (Å²) in [6.45, 7) is 4.62. The normalized spacial score (nSPS) is 30.6. The van der Waals surface area contributed by atoms with Crippen molar-refractivity contribution in [2.75, 3.05) is 13.7 Å². The summed E-state index contributed by atoms with van der Waals surface area (Å²) < 4.78 is 16.4. The third kappa shape index (κ3) is 7.79. The highest BCUT2D eigenvalue weighted by atomic mass is 16.7. The van der Waals surface area contributed by atoms with Gasteiger partial charge in [-0.15, -0.1) is 0 Å². The van der Waals surface area contributed by atoms with Crippen LogP contribution in [0, 0.1) is 0 Å². The first-order valence-corrected chi connectivity index (χ1v) is 9.77. The van der Waals surface area contributed by atoms with E-state index in [0.717, 1.165) is 12.8 Å². The Morgan fingerprint density at radius 3 is 1.92 bits per heavy atom. The van der Waals surface area contributed by atoms with E-state index in [9.17, 15) is 10.2 Å². The number of rotatable bonds is 13. The molecular weight excluding hydrogens is 308 g/mol. The van der Waals surface area contributed by atoms with Gasteiger partial charge in [0, 0.05) is 13.7 Å². The van der Waals surface area contributed by atoms with E-state index in [0.29, 0.717) is 6.61 Å². The number of aliphatic hydroxyl groups is 2. The van der Waals surface area contributed by atoms with Crippen LogP contribution in [0.1, 0.15) is 78.1 Å². The van der Waals surface area contributed by atoms with Gasteiger partial charge in [-0.1, -0.05) is 64.7 Å². The molecule has 0 bridgehead atoms. The quantitative estimate of drug-likeness (QED) is 0.500. The third-order valence-electron chi connectivity index (χ3n) is 4.83. The van der Waals surface area contributed by atoms with Crippen molar-refractivity contribution in [2.45, 2.75) is 109 Å². The molecule has 144 valence electrons. The Kier molecular flexibility index (Phi) is 11.9. The van der Waals surface area contributed by atoms with Gasteiger partial charge in [0.1, 0.15) is 18.3 Å². The first-order chi connectivity index (χ1) is 11.6. The fraction of sp³-hybridized carbons (Fsp3) is 1.00. The summed E-state index contributed by atoms with van der Waals surface area (Å²) in [4.78, 5) is 0. The SMILES string of the molecule is CCCCCCCCCCCCO[C@@H]1O[C@H](C)[C@@H](OC)[C@H](O)[C@H]1O. The van der Waals surface area contributed by atoms with Gasteiger partial charge in [0.15, 0.2) is 6.29 Å². The van der Waals surface area contributed by atoms with E-state index in [4.69, 9.17) is 14.2 Å². The first-order valence-electron chi connectivity index (χ1n) is 9.77. The van der Waals surface area contributed by atoms with Crippen molar-refractivity contribution >= 4 is 0 Å². The lowest BCUT2D eigenvalue weighted by Crippen LogP contribution is -2.58. The zero-order valence-corrected chi connectivity index (χ0v) is 15.8. The maximum absolute atomic E-state index is 10.0. The summed E-state index contributed by atoms with van der Waals surface area (Å²) in [7, 11) is 1.51. The summed E-state index contributed by atoms with van der Waals surface area (Å²) >= 11 is 0.